The summed E-state index contributed by atoms with van der Waals surface area (Å²) in [5.74, 6) is -0.458. The van der Waals surface area contributed by atoms with Crippen LogP contribution in [-0.4, -0.2) is 42.2 Å². The van der Waals surface area contributed by atoms with Gasteiger partial charge in [-0.05, 0) is 69.7 Å². The molecule has 0 bridgehead atoms. The number of aromatic carboxylic acids is 1. The van der Waals surface area contributed by atoms with Crippen molar-refractivity contribution in [2.24, 2.45) is 11.8 Å². The van der Waals surface area contributed by atoms with Crippen LogP contribution in [0.4, 0.5) is 11.5 Å². The number of pyridine rings is 1. The van der Waals surface area contributed by atoms with Gasteiger partial charge in [0, 0.05) is 41.8 Å². The lowest BCUT2D eigenvalue weighted by Crippen LogP contribution is -2.43. The van der Waals surface area contributed by atoms with E-state index in [2.05, 4.69) is 17.0 Å². The van der Waals surface area contributed by atoms with Crippen molar-refractivity contribution in [3.63, 3.8) is 0 Å². The first-order valence-electron chi connectivity index (χ1n) is 12.7. The second-order valence-electron chi connectivity index (χ2n) is 10.3. The van der Waals surface area contributed by atoms with Crippen molar-refractivity contribution >= 4 is 29.0 Å². The SMILES string of the molecule is CC(C)N(c1nn(-c2ccc(-c3cn4cc(N)ccc4n3)cc2)cc1C(=O)O)C(=O)[C@H]1CC[C@H](C)CC1. The fourth-order valence-electron chi connectivity index (χ4n) is 5.07. The number of nitrogens with zero attached hydrogens (tertiary/aromatic N) is 5. The summed E-state index contributed by atoms with van der Waals surface area (Å²) in [5, 5.41) is 14.6. The number of carboxylic acids is 1. The first kappa shape index (κ1) is 24.5. The van der Waals surface area contributed by atoms with Gasteiger partial charge >= 0.3 is 5.97 Å². The quantitative estimate of drug-likeness (QED) is 0.383. The molecule has 3 heterocycles. The minimum Gasteiger partial charge on any atom is -0.477 e. The van der Waals surface area contributed by atoms with Crippen LogP contribution < -0.4 is 10.6 Å². The van der Waals surface area contributed by atoms with Gasteiger partial charge in [0.05, 0.1) is 11.4 Å². The van der Waals surface area contributed by atoms with Crippen LogP contribution >= 0.6 is 0 Å². The molecule has 0 radical (unpaired) electrons. The fraction of sp³-hybridized carbons (Fsp3) is 0.357. The number of carbonyl (C=O) groups excluding carboxylic acids is 1. The highest BCUT2D eigenvalue weighted by molar-refractivity contribution is 6.01. The predicted molar refractivity (Wildman–Crippen MR) is 143 cm³/mol. The lowest BCUT2D eigenvalue weighted by Gasteiger charge is -2.32. The molecule has 4 aromatic rings. The van der Waals surface area contributed by atoms with E-state index in [1.54, 1.807) is 4.90 Å². The second-order valence-corrected chi connectivity index (χ2v) is 10.3. The van der Waals surface area contributed by atoms with Gasteiger partial charge in [-0.1, -0.05) is 19.1 Å². The molecule has 1 fully saturated rings. The molecule has 3 aromatic heterocycles. The van der Waals surface area contributed by atoms with Crippen molar-refractivity contribution in [1.29, 1.82) is 0 Å². The van der Waals surface area contributed by atoms with Crippen molar-refractivity contribution in [3.05, 3.63) is 60.6 Å². The first-order valence-corrected chi connectivity index (χ1v) is 12.7. The number of carboxylic acid groups (broad SMARTS) is 1. The zero-order valence-electron chi connectivity index (χ0n) is 21.3. The van der Waals surface area contributed by atoms with Crippen LogP contribution in [0, 0.1) is 11.8 Å². The third-order valence-corrected chi connectivity index (χ3v) is 7.17. The van der Waals surface area contributed by atoms with E-state index in [-0.39, 0.29) is 29.2 Å². The van der Waals surface area contributed by atoms with Gasteiger partial charge in [0.25, 0.3) is 0 Å². The van der Waals surface area contributed by atoms with Gasteiger partial charge in [-0.2, -0.15) is 0 Å². The van der Waals surface area contributed by atoms with E-state index in [4.69, 9.17) is 5.73 Å². The van der Waals surface area contributed by atoms with E-state index in [1.165, 1.54) is 10.9 Å². The minimum atomic E-state index is -1.11. The molecule has 0 spiro atoms. The number of hydrogen-bond donors (Lipinski definition) is 2. The van der Waals surface area contributed by atoms with Crippen LogP contribution in [0.25, 0.3) is 22.6 Å². The highest BCUT2D eigenvalue weighted by Gasteiger charge is 2.34. The van der Waals surface area contributed by atoms with E-state index in [9.17, 15) is 14.7 Å². The second kappa shape index (κ2) is 9.72. The summed E-state index contributed by atoms with van der Waals surface area (Å²) in [7, 11) is 0. The van der Waals surface area contributed by atoms with Crippen LogP contribution in [0.5, 0.6) is 0 Å². The number of nitrogen functional groups attached to an aromatic ring is 1. The summed E-state index contributed by atoms with van der Waals surface area (Å²) in [6.07, 6.45) is 8.87. The molecule has 1 aliphatic rings. The summed E-state index contributed by atoms with van der Waals surface area (Å²) >= 11 is 0. The third kappa shape index (κ3) is 4.81. The maximum atomic E-state index is 13.5. The maximum Gasteiger partial charge on any atom is 0.341 e. The molecule has 1 aromatic carbocycles. The van der Waals surface area contributed by atoms with Crippen LogP contribution in [0.15, 0.2) is 55.0 Å². The van der Waals surface area contributed by atoms with E-state index in [0.717, 1.165) is 42.6 Å². The van der Waals surface area contributed by atoms with E-state index in [0.29, 0.717) is 17.3 Å². The van der Waals surface area contributed by atoms with E-state index in [1.807, 2.05) is 67.0 Å². The van der Waals surface area contributed by atoms with Gasteiger partial charge in [-0.15, -0.1) is 5.10 Å². The number of anilines is 2. The Hall–Kier alpha value is -4.14. The number of nitrogens with two attached hydrogens (primary N) is 1. The highest BCUT2D eigenvalue weighted by Crippen LogP contribution is 2.33. The molecule has 1 aliphatic carbocycles. The van der Waals surface area contributed by atoms with Crippen LogP contribution in [0.3, 0.4) is 0 Å². The van der Waals surface area contributed by atoms with Gasteiger partial charge in [0.2, 0.25) is 5.91 Å². The molecular weight excluding hydrogens is 468 g/mol. The molecule has 0 atom stereocenters. The highest BCUT2D eigenvalue weighted by atomic mass is 16.4. The first-order chi connectivity index (χ1) is 17.7. The average molecular weight is 501 g/mol. The average Bonchev–Trinajstić information content (AvgIpc) is 3.49. The number of aromatic nitrogens is 4. The molecule has 1 amide bonds. The standard InChI is InChI=1S/C28H32N6O3/c1-17(2)34(27(35)20-6-4-18(3)5-7-20)26-23(28(36)37)15-33(31-26)22-11-8-19(9-12-22)24-16-32-14-21(29)10-13-25(32)30-24/h8-18,20H,4-7,29H2,1-3H3,(H,36,37)/t18-,20-. The Morgan fingerprint density at radius 2 is 1.73 bits per heavy atom. The molecule has 37 heavy (non-hydrogen) atoms. The maximum absolute atomic E-state index is 13.5. The molecule has 0 saturated heterocycles. The van der Waals surface area contributed by atoms with E-state index < -0.39 is 5.97 Å². The Bertz CT molecular complexity index is 1440. The molecule has 9 nitrogen and oxygen atoms in total. The molecule has 5 rings (SSSR count). The summed E-state index contributed by atoms with van der Waals surface area (Å²) < 4.78 is 3.40. The molecule has 3 N–H and O–H groups in total. The number of carbonyl (C=O) groups is 2. The van der Waals surface area contributed by atoms with Gasteiger partial charge < -0.3 is 15.2 Å². The number of amides is 1. The fourth-order valence-corrected chi connectivity index (χ4v) is 5.07. The summed E-state index contributed by atoms with van der Waals surface area (Å²) in [6, 6.07) is 11.0. The summed E-state index contributed by atoms with van der Waals surface area (Å²) in [4.78, 5) is 31.9. The van der Waals surface area contributed by atoms with E-state index >= 15 is 0 Å². The number of fused-ring (bicyclic) bond motifs is 1. The zero-order chi connectivity index (χ0) is 26.3. The Morgan fingerprint density at radius 1 is 1.03 bits per heavy atom. The topological polar surface area (TPSA) is 119 Å². The molecule has 1 saturated carbocycles. The van der Waals surface area contributed by atoms with Crippen molar-refractivity contribution in [2.75, 3.05) is 10.6 Å². The number of hydrogen-bond acceptors (Lipinski definition) is 5. The van der Waals surface area contributed by atoms with Crippen molar-refractivity contribution < 1.29 is 14.7 Å². The number of imidazole rings is 1. The lowest BCUT2D eigenvalue weighted by atomic mass is 9.82. The van der Waals surface area contributed by atoms with Crippen molar-refractivity contribution in [1.82, 2.24) is 19.2 Å². The Balaban J connectivity index is 1.46. The van der Waals surface area contributed by atoms with Crippen LogP contribution in [0.1, 0.15) is 56.8 Å². The molecule has 9 heteroatoms. The third-order valence-electron chi connectivity index (χ3n) is 7.17. The molecule has 0 unspecified atom stereocenters. The van der Waals surface area contributed by atoms with Gasteiger partial charge in [0.1, 0.15) is 11.2 Å². The smallest absolute Gasteiger partial charge is 0.341 e. The van der Waals surface area contributed by atoms with Gasteiger partial charge in [-0.3, -0.25) is 9.69 Å². The van der Waals surface area contributed by atoms with Gasteiger partial charge in [-0.25, -0.2) is 14.5 Å². The Labute approximate surface area is 215 Å². The monoisotopic (exact) mass is 500 g/mol. The largest absolute Gasteiger partial charge is 0.477 e. The predicted octanol–water partition coefficient (Wildman–Crippen LogP) is 5.04. The lowest BCUT2D eigenvalue weighted by molar-refractivity contribution is -0.124. The van der Waals surface area contributed by atoms with Crippen molar-refractivity contribution in [2.45, 2.75) is 52.5 Å². The number of benzene rings is 1. The molecule has 0 aliphatic heterocycles. The minimum absolute atomic E-state index is 0.00763. The number of rotatable bonds is 6. The summed E-state index contributed by atoms with van der Waals surface area (Å²) in [5.41, 5.74) is 9.72. The summed E-state index contributed by atoms with van der Waals surface area (Å²) in [6.45, 7) is 6.00. The zero-order valence-corrected chi connectivity index (χ0v) is 21.3. The Morgan fingerprint density at radius 3 is 2.38 bits per heavy atom. The van der Waals surface area contributed by atoms with Gasteiger partial charge in [0.15, 0.2) is 5.82 Å². The van der Waals surface area contributed by atoms with Crippen LogP contribution in [0.2, 0.25) is 0 Å². The normalized spacial score (nSPS) is 17.8. The molecular formula is C28H32N6O3. The molecule has 192 valence electrons. The Kier molecular flexibility index (Phi) is 6.45. The van der Waals surface area contributed by atoms with Crippen LogP contribution in [-0.2, 0) is 4.79 Å². The van der Waals surface area contributed by atoms with Crippen molar-refractivity contribution in [3.8, 4) is 16.9 Å².